The predicted octanol–water partition coefficient (Wildman–Crippen LogP) is 1.09. The fourth-order valence-corrected chi connectivity index (χ4v) is 2.80. The minimum Gasteiger partial charge on any atom is -0.329 e. The summed E-state index contributed by atoms with van der Waals surface area (Å²) in [6, 6.07) is 0.570. The summed E-state index contributed by atoms with van der Waals surface area (Å²) < 4.78 is 0. The maximum atomic E-state index is 5.90. The highest BCUT2D eigenvalue weighted by molar-refractivity contribution is 7.98. The van der Waals surface area contributed by atoms with Crippen molar-refractivity contribution in [1.82, 2.24) is 9.80 Å². The first-order valence-corrected chi connectivity index (χ1v) is 7.55. The van der Waals surface area contributed by atoms with E-state index in [1.807, 2.05) is 11.8 Å². The third-order valence-corrected chi connectivity index (χ3v) is 4.43. The molecule has 2 N–H and O–H groups in total. The zero-order valence-electron chi connectivity index (χ0n) is 11.2. The molecular formula is C12H27N3S. The van der Waals surface area contributed by atoms with Gasteiger partial charge in [0.1, 0.15) is 0 Å². The Bertz CT molecular complexity index is 208. The van der Waals surface area contributed by atoms with Crippen LogP contribution in [0.15, 0.2) is 0 Å². The molecule has 0 aromatic heterocycles. The van der Waals surface area contributed by atoms with Crippen molar-refractivity contribution < 1.29 is 0 Å². The maximum absolute atomic E-state index is 5.90. The summed E-state index contributed by atoms with van der Waals surface area (Å²) in [5.41, 5.74) is 6.19. The maximum Gasteiger partial charge on any atom is 0.0277 e. The van der Waals surface area contributed by atoms with Crippen LogP contribution in [0.1, 0.15) is 20.3 Å². The third kappa shape index (κ3) is 3.62. The lowest BCUT2D eigenvalue weighted by Crippen LogP contribution is -2.60. The van der Waals surface area contributed by atoms with Crippen LogP contribution >= 0.6 is 11.8 Å². The van der Waals surface area contributed by atoms with E-state index >= 15 is 0 Å². The molecule has 0 bridgehead atoms. The van der Waals surface area contributed by atoms with Crippen molar-refractivity contribution in [2.24, 2.45) is 5.73 Å². The number of hydrogen-bond donors (Lipinski definition) is 1. The van der Waals surface area contributed by atoms with E-state index in [0.717, 1.165) is 26.2 Å². The van der Waals surface area contributed by atoms with Gasteiger partial charge < -0.3 is 5.73 Å². The van der Waals surface area contributed by atoms with Crippen LogP contribution in [0.2, 0.25) is 0 Å². The van der Waals surface area contributed by atoms with Gasteiger partial charge in [0.2, 0.25) is 0 Å². The van der Waals surface area contributed by atoms with Gasteiger partial charge in [0.05, 0.1) is 0 Å². The number of nitrogens with two attached hydrogens (primary N) is 1. The van der Waals surface area contributed by atoms with Gasteiger partial charge in [-0.25, -0.2) is 0 Å². The minimum absolute atomic E-state index is 0.283. The Balaban J connectivity index is 2.52. The highest BCUT2D eigenvalue weighted by Gasteiger charge is 2.33. The van der Waals surface area contributed by atoms with Crippen molar-refractivity contribution in [3.63, 3.8) is 0 Å². The Hall–Kier alpha value is 0.230. The summed E-state index contributed by atoms with van der Waals surface area (Å²) in [7, 11) is 2.22. The van der Waals surface area contributed by atoms with Crippen LogP contribution in [-0.2, 0) is 0 Å². The second kappa shape index (κ2) is 6.24. The van der Waals surface area contributed by atoms with E-state index in [2.05, 4.69) is 37.0 Å². The number of likely N-dealkylation sites (N-methyl/N-ethyl adjacent to an activating group) is 1. The number of hydrogen-bond acceptors (Lipinski definition) is 4. The smallest absolute Gasteiger partial charge is 0.0277 e. The molecule has 0 aromatic rings. The molecule has 1 aliphatic heterocycles. The first kappa shape index (κ1) is 14.3. The second-order valence-corrected chi connectivity index (χ2v) is 6.36. The number of nitrogens with zero attached hydrogens (tertiary/aromatic N) is 2. The Kier molecular flexibility index (Phi) is 5.57. The van der Waals surface area contributed by atoms with E-state index < -0.39 is 0 Å². The lowest BCUT2D eigenvalue weighted by Gasteiger charge is -2.47. The van der Waals surface area contributed by atoms with E-state index in [0.29, 0.717) is 6.04 Å². The number of rotatable bonds is 5. The van der Waals surface area contributed by atoms with E-state index in [1.54, 1.807) is 0 Å². The van der Waals surface area contributed by atoms with Crippen molar-refractivity contribution in [3.05, 3.63) is 0 Å². The zero-order valence-corrected chi connectivity index (χ0v) is 12.0. The van der Waals surface area contributed by atoms with Gasteiger partial charge in [0.15, 0.2) is 0 Å². The Morgan fingerprint density at radius 2 is 2.06 bits per heavy atom. The molecule has 1 unspecified atom stereocenters. The third-order valence-electron chi connectivity index (χ3n) is 3.79. The summed E-state index contributed by atoms with van der Waals surface area (Å²) in [6.07, 6.45) is 3.39. The number of piperazine rings is 1. The van der Waals surface area contributed by atoms with E-state index in [-0.39, 0.29) is 5.54 Å². The molecular weight excluding hydrogens is 218 g/mol. The molecule has 0 spiro atoms. The number of thioether (sulfide) groups is 1. The molecule has 3 nitrogen and oxygen atoms in total. The lowest BCUT2D eigenvalue weighted by atomic mass is 9.98. The quantitative estimate of drug-likeness (QED) is 0.786. The Morgan fingerprint density at radius 3 is 2.56 bits per heavy atom. The van der Waals surface area contributed by atoms with Gasteiger partial charge in [-0.15, -0.1) is 0 Å². The van der Waals surface area contributed by atoms with Crippen molar-refractivity contribution in [2.75, 3.05) is 45.2 Å². The zero-order chi connectivity index (χ0) is 12.2. The molecule has 0 saturated carbocycles. The minimum atomic E-state index is 0.283. The topological polar surface area (TPSA) is 32.5 Å². The highest BCUT2D eigenvalue weighted by Crippen LogP contribution is 2.21. The van der Waals surface area contributed by atoms with Crippen LogP contribution in [-0.4, -0.2) is 66.6 Å². The van der Waals surface area contributed by atoms with Gasteiger partial charge >= 0.3 is 0 Å². The van der Waals surface area contributed by atoms with E-state index in [1.165, 1.54) is 12.2 Å². The molecule has 16 heavy (non-hydrogen) atoms. The summed E-state index contributed by atoms with van der Waals surface area (Å²) >= 11 is 1.92. The summed E-state index contributed by atoms with van der Waals surface area (Å²) in [5.74, 6) is 1.22. The second-order valence-electron chi connectivity index (χ2n) is 5.38. The first-order chi connectivity index (χ1) is 7.51. The van der Waals surface area contributed by atoms with E-state index in [4.69, 9.17) is 5.73 Å². The van der Waals surface area contributed by atoms with Gasteiger partial charge in [0.25, 0.3) is 0 Å². The molecule has 0 aromatic carbocycles. The Morgan fingerprint density at radius 1 is 1.38 bits per heavy atom. The molecule has 1 fully saturated rings. The highest BCUT2D eigenvalue weighted by atomic mass is 32.2. The largest absolute Gasteiger partial charge is 0.329 e. The van der Waals surface area contributed by atoms with Crippen LogP contribution in [0, 0.1) is 0 Å². The average Bonchev–Trinajstić information content (AvgIpc) is 2.24. The molecule has 0 aliphatic carbocycles. The van der Waals surface area contributed by atoms with Crippen LogP contribution in [0.3, 0.4) is 0 Å². The molecule has 1 aliphatic rings. The van der Waals surface area contributed by atoms with Crippen molar-refractivity contribution in [3.8, 4) is 0 Å². The summed E-state index contributed by atoms with van der Waals surface area (Å²) in [6.45, 7) is 8.89. The van der Waals surface area contributed by atoms with Crippen molar-refractivity contribution >= 4 is 11.8 Å². The van der Waals surface area contributed by atoms with Crippen molar-refractivity contribution in [1.29, 1.82) is 0 Å². The van der Waals surface area contributed by atoms with Crippen LogP contribution in [0.25, 0.3) is 0 Å². The molecule has 1 atom stereocenters. The average molecular weight is 245 g/mol. The summed E-state index contributed by atoms with van der Waals surface area (Å²) in [4.78, 5) is 5.03. The van der Waals surface area contributed by atoms with Crippen molar-refractivity contribution in [2.45, 2.75) is 31.8 Å². The molecule has 0 radical (unpaired) electrons. The van der Waals surface area contributed by atoms with Gasteiger partial charge in [0, 0.05) is 37.8 Å². The van der Waals surface area contributed by atoms with Gasteiger partial charge in [-0.3, -0.25) is 9.80 Å². The first-order valence-electron chi connectivity index (χ1n) is 6.15. The molecule has 0 amide bonds. The lowest BCUT2D eigenvalue weighted by molar-refractivity contribution is 0.0180. The van der Waals surface area contributed by atoms with E-state index in [9.17, 15) is 0 Å². The molecule has 1 heterocycles. The van der Waals surface area contributed by atoms with Crippen LogP contribution in [0.4, 0.5) is 0 Å². The van der Waals surface area contributed by atoms with Gasteiger partial charge in [-0.05, 0) is 39.3 Å². The van der Waals surface area contributed by atoms with Gasteiger partial charge in [-0.2, -0.15) is 11.8 Å². The molecule has 1 saturated heterocycles. The molecule has 96 valence electrons. The Labute approximate surface area is 105 Å². The predicted molar refractivity (Wildman–Crippen MR) is 74.1 cm³/mol. The SMILES string of the molecule is CSCCC(CN)N1CCN(C)C(C)(C)C1. The van der Waals surface area contributed by atoms with Crippen LogP contribution < -0.4 is 5.73 Å². The molecule has 4 heteroatoms. The summed E-state index contributed by atoms with van der Waals surface area (Å²) in [5, 5.41) is 0. The fourth-order valence-electron chi connectivity index (χ4n) is 2.29. The van der Waals surface area contributed by atoms with Crippen LogP contribution in [0.5, 0.6) is 0 Å². The standard InChI is InChI=1S/C12H27N3S/c1-12(2)10-15(7-6-14(12)3)11(9-13)5-8-16-4/h11H,5-10,13H2,1-4H3. The monoisotopic (exact) mass is 245 g/mol. The fraction of sp³-hybridized carbons (Fsp3) is 1.00. The normalized spacial score (nSPS) is 24.6. The van der Waals surface area contributed by atoms with Gasteiger partial charge in [-0.1, -0.05) is 0 Å². The molecule has 1 rings (SSSR count).